The molecule has 0 unspecified atom stereocenters. The molecule has 2 aliphatic heterocycles. The highest BCUT2D eigenvalue weighted by Crippen LogP contribution is 2.43. The summed E-state index contributed by atoms with van der Waals surface area (Å²) in [6, 6.07) is 33.5. The summed E-state index contributed by atoms with van der Waals surface area (Å²) in [4.78, 5) is 16.3. The number of anilines is 3. The van der Waals surface area contributed by atoms with Gasteiger partial charge in [0, 0.05) is 29.9 Å². The first-order chi connectivity index (χ1) is 20.5. The minimum Gasteiger partial charge on any atom is -1.00 e. The Morgan fingerprint density at radius 2 is 1.49 bits per heavy atom. The standard InChI is InChI=1S/C35H29N4O3.HI/c1-36-22-21-24(28-13-9-10-16-31(28)36)23-32-37(2)39(26-11-5-4-6-12-26)33-29-14-7-8-15-30(29)34(40)38(35(33)42-32)25-17-19-27(41-3)20-18-25;/h4-23H,1-3H3;1H/q+1;/p-1. The number of hydrogen-bond donors (Lipinski definition) is 0. The van der Waals surface area contributed by atoms with Crippen molar-refractivity contribution in [3.8, 4) is 17.3 Å². The Hall–Kier alpha value is -4.83. The summed E-state index contributed by atoms with van der Waals surface area (Å²) in [5, 5.41) is 3.51. The largest absolute Gasteiger partial charge is 1.00 e. The van der Waals surface area contributed by atoms with Crippen LogP contribution in [0.5, 0.6) is 11.6 Å². The van der Waals surface area contributed by atoms with Crippen LogP contribution in [0.3, 0.4) is 0 Å². The first-order valence-corrected chi connectivity index (χ1v) is 13.7. The van der Waals surface area contributed by atoms with Crippen LogP contribution < -0.4 is 48.9 Å². The highest BCUT2D eigenvalue weighted by molar-refractivity contribution is 6.04. The van der Waals surface area contributed by atoms with Gasteiger partial charge < -0.3 is 38.4 Å². The molecule has 0 saturated heterocycles. The smallest absolute Gasteiger partial charge is 0.399 e. The van der Waals surface area contributed by atoms with Crippen LogP contribution in [-0.2, 0) is 0 Å². The molecule has 0 N–H and O–H groups in total. The molecule has 0 amide bonds. The molecular weight excluding hydrogens is 651 g/mol. The predicted molar refractivity (Wildman–Crippen MR) is 168 cm³/mol. The molecule has 0 fully saturated rings. The number of methoxy groups -OCH3 is 1. The fourth-order valence-corrected chi connectivity index (χ4v) is 5.63. The van der Waals surface area contributed by atoms with E-state index in [9.17, 15) is 4.79 Å². The lowest BCUT2D eigenvalue weighted by Crippen LogP contribution is -3.00. The number of halogens is 1. The summed E-state index contributed by atoms with van der Waals surface area (Å²) in [6.45, 7) is 0. The normalized spacial score (nSPS) is 14.7. The molecule has 0 atom stereocenters. The number of pyridine rings is 1. The van der Waals surface area contributed by atoms with Gasteiger partial charge in [0.25, 0.3) is 5.56 Å². The lowest BCUT2D eigenvalue weighted by Gasteiger charge is -2.29. The molecule has 7 rings (SSSR count). The molecule has 8 heteroatoms. The van der Waals surface area contributed by atoms with E-state index in [-0.39, 0.29) is 29.5 Å². The van der Waals surface area contributed by atoms with Crippen molar-refractivity contribution in [2.45, 2.75) is 0 Å². The predicted octanol–water partition coefficient (Wildman–Crippen LogP) is 3.54. The summed E-state index contributed by atoms with van der Waals surface area (Å²) < 4.78 is 15.8. The lowest BCUT2D eigenvalue weighted by molar-refractivity contribution is -0.509. The van der Waals surface area contributed by atoms with E-state index in [1.165, 1.54) is 0 Å². The highest BCUT2D eigenvalue weighted by atomic mass is 127. The average molecular weight is 681 g/mol. The van der Waals surface area contributed by atoms with Crippen LogP contribution >= 0.6 is 0 Å². The van der Waals surface area contributed by atoms with Crippen molar-refractivity contribution >= 4 is 39.3 Å². The quantitative estimate of drug-likeness (QED) is 0.215. The minimum absolute atomic E-state index is 0. The van der Waals surface area contributed by atoms with Gasteiger partial charge in [-0.1, -0.05) is 59.3 Å². The monoisotopic (exact) mass is 680 g/mol. The first kappa shape index (κ1) is 28.3. The lowest BCUT2D eigenvalue weighted by atomic mass is 10.00. The van der Waals surface area contributed by atoms with Gasteiger partial charge in [0.05, 0.1) is 24.3 Å². The third-order valence-corrected chi connectivity index (χ3v) is 7.74. The van der Waals surface area contributed by atoms with Crippen molar-refractivity contribution in [3.63, 3.8) is 0 Å². The SMILES string of the molecule is COc1ccc(-n2c3c(c4ccccc4c2=O)N(c2ccccc2)[N+](C)=C(/C=C2\C=CN(C)c4ccccc42)O3)cc1.[I-]. The van der Waals surface area contributed by atoms with E-state index in [2.05, 4.69) is 40.3 Å². The highest BCUT2D eigenvalue weighted by Gasteiger charge is 2.37. The molecule has 4 aromatic carbocycles. The summed E-state index contributed by atoms with van der Waals surface area (Å²) in [7, 11) is 5.64. The molecule has 43 heavy (non-hydrogen) atoms. The van der Waals surface area contributed by atoms with Crippen LogP contribution in [0.25, 0.3) is 22.0 Å². The second kappa shape index (κ2) is 11.4. The van der Waals surface area contributed by atoms with E-state index in [0.717, 1.165) is 33.6 Å². The van der Waals surface area contributed by atoms with Crippen molar-refractivity contribution in [3.05, 3.63) is 137 Å². The number of aromatic nitrogens is 1. The zero-order valence-electron chi connectivity index (χ0n) is 23.9. The molecule has 3 heterocycles. The van der Waals surface area contributed by atoms with Crippen LogP contribution in [0, 0.1) is 0 Å². The minimum atomic E-state index is -0.163. The van der Waals surface area contributed by atoms with Crippen molar-refractivity contribution < 1.29 is 38.1 Å². The van der Waals surface area contributed by atoms with Crippen LogP contribution in [0.15, 0.2) is 126 Å². The third kappa shape index (κ3) is 4.77. The number of hydrazine groups is 1. The van der Waals surface area contributed by atoms with E-state index in [0.29, 0.717) is 28.6 Å². The number of allylic oxidation sites excluding steroid dienone is 2. The van der Waals surface area contributed by atoms with Gasteiger partial charge in [-0.25, -0.2) is 4.57 Å². The molecule has 7 nitrogen and oxygen atoms in total. The van der Waals surface area contributed by atoms with Gasteiger partial charge in [0.15, 0.2) is 12.7 Å². The van der Waals surface area contributed by atoms with Crippen LogP contribution in [0.4, 0.5) is 17.1 Å². The molecule has 2 aliphatic rings. The fraction of sp³-hybridized carbons (Fsp3) is 0.0857. The fourth-order valence-electron chi connectivity index (χ4n) is 5.63. The van der Waals surface area contributed by atoms with Crippen molar-refractivity contribution in [2.75, 3.05) is 31.1 Å². The molecule has 0 saturated carbocycles. The Balaban J connectivity index is 0.00000329. The van der Waals surface area contributed by atoms with Gasteiger partial charge in [0.1, 0.15) is 11.4 Å². The zero-order valence-corrected chi connectivity index (χ0v) is 26.1. The van der Waals surface area contributed by atoms with Gasteiger partial charge in [-0.2, -0.15) is 0 Å². The maximum Gasteiger partial charge on any atom is 0.399 e. The van der Waals surface area contributed by atoms with E-state index in [1.807, 2.05) is 110 Å². The number of hydrazone groups is 1. The van der Waals surface area contributed by atoms with Gasteiger partial charge in [-0.15, -0.1) is 5.01 Å². The summed E-state index contributed by atoms with van der Waals surface area (Å²) in [6.07, 6.45) is 6.15. The average Bonchev–Trinajstić information content (AvgIpc) is 3.04. The van der Waals surface area contributed by atoms with E-state index < -0.39 is 0 Å². The molecule has 0 radical (unpaired) electrons. The molecule has 5 aromatic rings. The molecular formula is C35H29IN4O3. The second-order valence-corrected chi connectivity index (χ2v) is 10.2. The van der Waals surface area contributed by atoms with Crippen molar-refractivity contribution in [1.82, 2.24) is 4.57 Å². The Kier molecular flexibility index (Phi) is 7.53. The van der Waals surface area contributed by atoms with Crippen molar-refractivity contribution in [1.29, 1.82) is 0 Å². The summed E-state index contributed by atoms with van der Waals surface area (Å²) >= 11 is 0. The molecule has 0 spiro atoms. The Morgan fingerprint density at radius 3 is 2.23 bits per heavy atom. The summed E-state index contributed by atoms with van der Waals surface area (Å²) in [5.74, 6) is 1.71. The Labute approximate surface area is 266 Å². The third-order valence-electron chi connectivity index (χ3n) is 7.74. The van der Waals surface area contributed by atoms with Gasteiger partial charge >= 0.3 is 5.90 Å². The van der Waals surface area contributed by atoms with E-state index in [1.54, 1.807) is 11.7 Å². The summed E-state index contributed by atoms with van der Waals surface area (Å²) in [5.41, 5.74) is 5.42. The number of hydrogen-bond acceptors (Lipinski definition) is 5. The van der Waals surface area contributed by atoms with Crippen LogP contribution in [-0.4, -0.2) is 36.4 Å². The first-order valence-electron chi connectivity index (χ1n) is 13.7. The number of ether oxygens (including phenoxy) is 2. The van der Waals surface area contributed by atoms with Gasteiger partial charge in [0.2, 0.25) is 5.88 Å². The zero-order chi connectivity index (χ0) is 28.8. The molecule has 214 valence electrons. The second-order valence-electron chi connectivity index (χ2n) is 10.2. The molecule has 0 aliphatic carbocycles. The number of rotatable bonds is 4. The maximum atomic E-state index is 14.2. The topological polar surface area (TPSA) is 50.0 Å². The van der Waals surface area contributed by atoms with Crippen LogP contribution in [0.1, 0.15) is 5.56 Å². The maximum absolute atomic E-state index is 14.2. The molecule has 0 bridgehead atoms. The number of nitrogens with zero attached hydrogens (tertiary/aromatic N) is 4. The van der Waals surface area contributed by atoms with E-state index >= 15 is 0 Å². The number of benzene rings is 4. The van der Waals surface area contributed by atoms with Gasteiger partial charge in [-0.05, 0) is 60.2 Å². The van der Waals surface area contributed by atoms with Gasteiger partial charge in [-0.3, -0.25) is 4.79 Å². The Morgan fingerprint density at radius 1 is 0.814 bits per heavy atom. The number of fused-ring (bicyclic) bond motifs is 4. The Bertz CT molecular complexity index is 2000. The number of para-hydroxylation sites is 2. The molecule has 1 aromatic heterocycles. The van der Waals surface area contributed by atoms with Crippen LogP contribution in [0.2, 0.25) is 0 Å². The van der Waals surface area contributed by atoms with Crippen molar-refractivity contribution in [2.24, 2.45) is 0 Å². The van der Waals surface area contributed by atoms with E-state index in [4.69, 9.17) is 9.47 Å².